The minimum absolute atomic E-state index is 0.0394. The summed E-state index contributed by atoms with van der Waals surface area (Å²) in [6.45, 7) is 3.36. The van der Waals surface area contributed by atoms with Crippen LogP contribution in [0, 0.1) is 0 Å². The molecule has 1 atom stereocenters. The van der Waals surface area contributed by atoms with Crippen molar-refractivity contribution in [3.63, 3.8) is 0 Å². The number of carbonyl (C=O) groups is 1. The van der Waals surface area contributed by atoms with Crippen molar-refractivity contribution in [3.05, 3.63) is 94.0 Å². The molecule has 1 fully saturated rings. The number of aliphatic imine (C=N–C) groups is 1. The van der Waals surface area contributed by atoms with Crippen LogP contribution in [0.3, 0.4) is 0 Å². The van der Waals surface area contributed by atoms with Gasteiger partial charge in [0.2, 0.25) is 5.91 Å². The number of benzene rings is 3. The summed E-state index contributed by atoms with van der Waals surface area (Å²) < 4.78 is 0.951. The van der Waals surface area contributed by atoms with E-state index < -0.39 is 5.92 Å². The lowest BCUT2D eigenvalue weighted by atomic mass is 9.90. The number of rotatable bonds is 5. The van der Waals surface area contributed by atoms with Crippen molar-refractivity contribution in [2.75, 3.05) is 18.4 Å². The second-order valence-corrected chi connectivity index (χ2v) is 9.44. The van der Waals surface area contributed by atoms with Crippen molar-refractivity contribution in [3.8, 4) is 0 Å². The summed E-state index contributed by atoms with van der Waals surface area (Å²) >= 11 is 3.55. The molecule has 1 amide bonds. The van der Waals surface area contributed by atoms with Gasteiger partial charge in [-0.2, -0.15) is 0 Å². The Balaban J connectivity index is 1.48. The smallest absolute Gasteiger partial charge is 0.238 e. The van der Waals surface area contributed by atoms with Crippen molar-refractivity contribution in [1.29, 1.82) is 0 Å². The molecular weight excluding hydrogens is 462 g/mol. The van der Waals surface area contributed by atoms with E-state index in [2.05, 4.69) is 50.4 Å². The minimum atomic E-state index is -0.446. The molecule has 32 heavy (non-hydrogen) atoms. The first-order valence-electron chi connectivity index (χ1n) is 11.2. The number of fused-ring (bicyclic) bond motifs is 1. The van der Waals surface area contributed by atoms with Crippen LogP contribution in [0.15, 0.2) is 82.3 Å². The molecule has 0 saturated carbocycles. The van der Waals surface area contributed by atoms with Crippen molar-refractivity contribution < 1.29 is 4.79 Å². The van der Waals surface area contributed by atoms with Gasteiger partial charge in [-0.25, -0.2) is 0 Å². The Kier molecular flexibility index (Phi) is 6.19. The average molecular weight is 488 g/mol. The van der Waals surface area contributed by atoms with E-state index in [0.717, 1.165) is 39.2 Å². The summed E-state index contributed by atoms with van der Waals surface area (Å²) in [6, 6.07) is 24.4. The lowest BCUT2D eigenvalue weighted by Crippen LogP contribution is -2.28. The molecule has 2 aliphatic rings. The van der Waals surface area contributed by atoms with Gasteiger partial charge in [0, 0.05) is 16.7 Å². The fourth-order valence-corrected chi connectivity index (χ4v) is 4.98. The highest BCUT2D eigenvalue weighted by molar-refractivity contribution is 9.10. The largest absolute Gasteiger partial charge is 0.325 e. The normalized spacial score (nSPS) is 19.0. The van der Waals surface area contributed by atoms with Crippen LogP contribution in [0.25, 0.3) is 0 Å². The molecule has 0 spiro atoms. The molecule has 162 valence electrons. The maximum atomic E-state index is 13.0. The van der Waals surface area contributed by atoms with Crippen molar-refractivity contribution >= 4 is 38.9 Å². The van der Waals surface area contributed by atoms with E-state index in [1.807, 2.05) is 48.5 Å². The second kappa shape index (κ2) is 9.39. The van der Waals surface area contributed by atoms with Gasteiger partial charge in [0.25, 0.3) is 0 Å². The van der Waals surface area contributed by atoms with Crippen molar-refractivity contribution in [2.24, 2.45) is 4.99 Å². The fourth-order valence-electron chi connectivity index (χ4n) is 4.60. The van der Waals surface area contributed by atoms with Crippen LogP contribution in [0.2, 0.25) is 0 Å². The average Bonchev–Trinajstić information content (AvgIpc) is 3.14. The van der Waals surface area contributed by atoms with E-state index >= 15 is 0 Å². The van der Waals surface area contributed by atoms with Gasteiger partial charge in [0.15, 0.2) is 0 Å². The summed E-state index contributed by atoms with van der Waals surface area (Å²) in [5.74, 6) is -0.486. The number of hydrogen-bond donors (Lipinski definition) is 1. The summed E-state index contributed by atoms with van der Waals surface area (Å²) in [7, 11) is 0. The molecule has 1 unspecified atom stereocenters. The highest BCUT2D eigenvalue weighted by Crippen LogP contribution is 2.37. The molecule has 5 rings (SSSR count). The van der Waals surface area contributed by atoms with Gasteiger partial charge in [-0.05, 0) is 73.0 Å². The molecule has 3 aromatic carbocycles. The number of anilines is 1. The van der Waals surface area contributed by atoms with Crippen LogP contribution in [0.1, 0.15) is 41.9 Å². The second-order valence-electron chi connectivity index (χ2n) is 8.52. The summed E-state index contributed by atoms with van der Waals surface area (Å²) in [6.07, 6.45) is 3.94. The number of halogens is 1. The van der Waals surface area contributed by atoms with E-state index in [4.69, 9.17) is 4.99 Å². The highest BCUT2D eigenvalue weighted by atomic mass is 79.9. The number of amides is 1. The molecular formula is C27H26BrN3O. The number of carbonyl (C=O) groups excluding carboxylic acids is 1. The third kappa shape index (κ3) is 4.54. The third-order valence-corrected chi connectivity index (χ3v) is 6.72. The Labute approximate surface area is 197 Å². The topological polar surface area (TPSA) is 44.7 Å². The van der Waals surface area contributed by atoms with Crippen LogP contribution >= 0.6 is 15.9 Å². The lowest BCUT2D eigenvalue weighted by molar-refractivity contribution is -0.115. The SMILES string of the molecule is O=C1Nc2ccc(Br)cc2C1C(=Nc1ccc(CN2CCCCC2)cc1)c1ccccc1. The number of hydrogen-bond acceptors (Lipinski definition) is 3. The maximum absolute atomic E-state index is 13.0. The monoisotopic (exact) mass is 487 g/mol. The zero-order valence-corrected chi connectivity index (χ0v) is 19.5. The van der Waals surface area contributed by atoms with Gasteiger partial charge in [0.05, 0.1) is 11.4 Å². The number of piperidine rings is 1. The van der Waals surface area contributed by atoms with Gasteiger partial charge in [-0.3, -0.25) is 14.7 Å². The molecule has 1 N–H and O–H groups in total. The van der Waals surface area contributed by atoms with Gasteiger partial charge in [-0.15, -0.1) is 0 Å². The van der Waals surface area contributed by atoms with Crippen LogP contribution in [-0.2, 0) is 11.3 Å². The standard InChI is InChI=1S/C27H26BrN3O/c28-21-11-14-24-23(17-21)25(27(32)30-24)26(20-7-3-1-4-8-20)29-22-12-9-19(10-13-22)18-31-15-5-2-6-16-31/h1,3-4,7-14,17,25H,2,5-6,15-16,18H2,(H,30,32). The number of nitrogens with one attached hydrogen (secondary N) is 1. The van der Waals surface area contributed by atoms with Crippen LogP contribution < -0.4 is 5.32 Å². The molecule has 0 aliphatic carbocycles. The van der Waals surface area contributed by atoms with E-state index in [1.165, 1.54) is 37.9 Å². The molecule has 0 bridgehead atoms. The third-order valence-electron chi connectivity index (χ3n) is 6.23. The summed E-state index contributed by atoms with van der Waals surface area (Å²) in [5.41, 5.74) is 5.70. The van der Waals surface area contributed by atoms with Crippen LogP contribution in [0.4, 0.5) is 11.4 Å². The Morgan fingerprint density at radius 1 is 0.969 bits per heavy atom. The maximum Gasteiger partial charge on any atom is 0.238 e. The Morgan fingerprint density at radius 2 is 1.72 bits per heavy atom. The molecule has 3 aromatic rings. The van der Waals surface area contributed by atoms with Gasteiger partial charge in [-0.1, -0.05) is 64.8 Å². The van der Waals surface area contributed by atoms with E-state index in [1.54, 1.807) is 0 Å². The first kappa shape index (κ1) is 21.1. The molecule has 0 aromatic heterocycles. The van der Waals surface area contributed by atoms with Gasteiger partial charge >= 0.3 is 0 Å². The van der Waals surface area contributed by atoms with Gasteiger partial charge in [0.1, 0.15) is 5.92 Å². The minimum Gasteiger partial charge on any atom is -0.325 e. The Morgan fingerprint density at radius 3 is 2.47 bits per heavy atom. The Bertz CT molecular complexity index is 1140. The molecule has 0 radical (unpaired) electrons. The van der Waals surface area contributed by atoms with E-state index in [-0.39, 0.29) is 5.91 Å². The number of likely N-dealkylation sites (tertiary alicyclic amines) is 1. The molecule has 4 nitrogen and oxygen atoms in total. The summed E-state index contributed by atoms with van der Waals surface area (Å²) in [4.78, 5) is 20.5. The van der Waals surface area contributed by atoms with Crippen LogP contribution in [-0.4, -0.2) is 29.6 Å². The van der Waals surface area contributed by atoms with Gasteiger partial charge < -0.3 is 5.32 Å². The summed E-state index contributed by atoms with van der Waals surface area (Å²) in [5, 5.41) is 3.02. The van der Waals surface area contributed by atoms with Crippen molar-refractivity contribution in [2.45, 2.75) is 31.7 Å². The van der Waals surface area contributed by atoms with E-state index in [0.29, 0.717) is 0 Å². The van der Waals surface area contributed by atoms with Crippen molar-refractivity contribution in [1.82, 2.24) is 4.90 Å². The predicted molar refractivity (Wildman–Crippen MR) is 134 cm³/mol. The molecule has 5 heteroatoms. The number of nitrogens with zero attached hydrogens (tertiary/aromatic N) is 2. The molecule has 2 heterocycles. The lowest BCUT2D eigenvalue weighted by Gasteiger charge is -2.26. The first-order valence-corrected chi connectivity index (χ1v) is 12.0. The Hall–Kier alpha value is -2.76. The van der Waals surface area contributed by atoms with Crippen LogP contribution in [0.5, 0.6) is 0 Å². The molecule has 1 saturated heterocycles. The predicted octanol–water partition coefficient (Wildman–Crippen LogP) is 6.29. The first-order chi connectivity index (χ1) is 15.7. The molecule has 2 aliphatic heterocycles. The zero-order chi connectivity index (χ0) is 21.9. The van der Waals surface area contributed by atoms with E-state index in [9.17, 15) is 4.79 Å². The quantitative estimate of drug-likeness (QED) is 0.429. The zero-order valence-electron chi connectivity index (χ0n) is 17.9. The highest BCUT2D eigenvalue weighted by Gasteiger charge is 2.35. The fraction of sp³-hybridized carbons (Fsp3) is 0.259.